The average Bonchev–Trinajstić information content (AvgIpc) is 2.74. The quantitative estimate of drug-likeness (QED) is 0.544. The van der Waals surface area contributed by atoms with Crippen molar-refractivity contribution in [1.82, 2.24) is 0 Å². The maximum Gasteiger partial charge on any atom is 0.508 e. The van der Waals surface area contributed by atoms with Crippen molar-refractivity contribution in [2.24, 2.45) is 35.5 Å². The molecule has 0 unspecified atom stereocenters. The molecule has 0 aromatic carbocycles. The van der Waals surface area contributed by atoms with Crippen molar-refractivity contribution in [2.75, 3.05) is 0 Å². The van der Waals surface area contributed by atoms with Crippen molar-refractivity contribution in [3.8, 4) is 0 Å². The zero-order chi connectivity index (χ0) is 9.02. The first-order chi connectivity index (χ1) is 6.84. The predicted octanol–water partition coefficient (Wildman–Crippen LogP) is 1.42. The molecule has 6 aliphatic rings. The molecule has 6 fully saturated rings. The van der Waals surface area contributed by atoms with Crippen LogP contribution in [0, 0.1) is 35.5 Å². The zero-order valence-electron chi connectivity index (χ0n) is 7.76. The lowest BCUT2D eigenvalue weighted by molar-refractivity contribution is -0.0267. The SMILES string of the molecule is O=C1O[C@@H]2[C@@H]3C[C@H]4[C@H]5C[C@@H]([C@H](O1)[C@@H]53)[C@H]42. The fourth-order valence-electron chi connectivity index (χ4n) is 5.65. The van der Waals surface area contributed by atoms with Crippen LogP contribution in [-0.2, 0) is 9.47 Å². The van der Waals surface area contributed by atoms with E-state index in [2.05, 4.69) is 0 Å². The number of rotatable bonds is 0. The first-order valence-corrected chi connectivity index (χ1v) is 5.72. The first-order valence-electron chi connectivity index (χ1n) is 5.72. The number of ether oxygens (including phenoxy) is 2. The zero-order valence-corrected chi connectivity index (χ0v) is 7.76. The van der Waals surface area contributed by atoms with Gasteiger partial charge in [0, 0.05) is 23.7 Å². The van der Waals surface area contributed by atoms with Gasteiger partial charge in [-0.25, -0.2) is 4.79 Å². The summed E-state index contributed by atoms with van der Waals surface area (Å²) in [5.41, 5.74) is 0. The van der Waals surface area contributed by atoms with Crippen LogP contribution in [0.5, 0.6) is 0 Å². The summed E-state index contributed by atoms with van der Waals surface area (Å²) in [6.07, 6.45) is 2.71. The van der Waals surface area contributed by atoms with Gasteiger partial charge in [-0.05, 0) is 24.7 Å². The van der Waals surface area contributed by atoms with Gasteiger partial charge in [-0.1, -0.05) is 0 Å². The molecular formula is C11H12O3. The van der Waals surface area contributed by atoms with E-state index in [0.717, 1.165) is 11.8 Å². The normalized spacial score (nSPS) is 70.1. The monoisotopic (exact) mass is 192 g/mol. The van der Waals surface area contributed by atoms with Crippen LogP contribution in [0.25, 0.3) is 0 Å². The van der Waals surface area contributed by atoms with Gasteiger partial charge in [0.15, 0.2) is 0 Å². The third-order valence-electron chi connectivity index (χ3n) is 5.68. The summed E-state index contributed by atoms with van der Waals surface area (Å²) in [6.45, 7) is 0. The van der Waals surface area contributed by atoms with E-state index in [-0.39, 0.29) is 18.4 Å². The Bertz CT molecular complexity index is 320. The Kier molecular flexibility index (Phi) is 0.814. The molecule has 3 heteroatoms. The van der Waals surface area contributed by atoms with Gasteiger partial charge in [0.1, 0.15) is 12.2 Å². The standard InChI is InChI=1S/C11H12O3/c12-11-13-9-5-1-3-4-2-6(7(3)9)10(14-11)8(4)5/h3-10H,1-2H2/t3-,4+,5-,6-,7+,8+,9+,10-/m1/s1. The van der Waals surface area contributed by atoms with Gasteiger partial charge in [-0.2, -0.15) is 0 Å². The molecule has 2 aliphatic heterocycles. The highest BCUT2D eigenvalue weighted by Crippen LogP contribution is 2.74. The fraction of sp³-hybridized carbons (Fsp3) is 0.909. The summed E-state index contributed by atoms with van der Waals surface area (Å²) >= 11 is 0. The molecule has 0 spiro atoms. The molecule has 6 rings (SSSR count). The van der Waals surface area contributed by atoms with Crippen molar-refractivity contribution >= 4 is 6.16 Å². The number of hydrogen-bond acceptors (Lipinski definition) is 3. The van der Waals surface area contributed by atoms with Crippen LogP contribution in [0.1, 0.15) is 12.8 Å². The molecule has 4 saturated carbocycles. The number of carbonyl (C=O) groups is 1. The van der Waals surface area contributed by atoms with Gasteiger partial charge >= 0.3 is 6.16 Å². The van der Waals surface area contributed by atoms with Gasteiger partial charge in [-0.3, -0.25) is 0 Å². The second kappa shape index (κ2) is 1.70. The molecule has 2 saturated heterocycles. The van der Waals surface area contributed by atoms with E-state index >= 15 is 0 Å². The molecule has 0 aromatic heterocycles. The lowest BCUT2D eigenvalue weighted by Crippen LogP contribution is -2.47. The minimum atomic E-state index is -0.386. The largest absolute Gasteiger partial charge is 0.508 e. The Morgan fingerprint density at radius 3 is 1.86 bits per heavy atom. The molecular weight excluding hydrogens is 180 g/mol. The number of carbonyl (C=O) groups excluding carboxylic acids is 1. The predicted molar refractivity (Wildman–Crippen MR) is 45.3 cm³/mol. The van der Waals surface area contributed by atoms with Crippen LogP contribution >= 0.6 is 0 Å². The molecule has 0 amide bonds. The fourth-order valence-corrected chi connectivity index (χ4v) is 5.65. The van der Waals surface area contributed by atoms with E-state index < -0.39 is 0 Å². The number of hydrogen-bond donors (Lipinski definition) is 0. The van der Waals surface area contributed by atoms with Crippen LogP contribution in [0.15, 0.2) is 0 Å². The second-order valence-electron chi connectivity index (χ2n) is 5.70. The molecule has 0 N–H and O–H groups in total. The van der Waals surface area contributed by atoms with Gasteiger partial charge < -0.3 is 9.47 Å². The smallest absolute Gasteiger partial charge is 0.430 e. The van der Waals surface area contributed by atoms with E-state index in [1.807, 2.05) is 0 Å². The van der Waals surface area contributed by atoms with Crippen molar-refractivity contribution in [1.29, 1.82) is 0 Å². The van der Waals surface area contributed by atoms with Gasteiger partial charge in [0.2, 0.25) is 0 Å². The third kappa shape index (κ3) is 0.452. The molecule has 6 bridgehead atoms. The lowest BCUT2D eigenvalue weighted by Gasteiger charge is -2.40. The average molecular weight is 192 g/mol. The Labute approximate surface area is 81.7 Å². The van der Waals surface area contributed by atoms with Crippen LogP contribution in [-0.4, -0.2) is 18.4 Å². The van der Waals surface area contributed by atoms with Gasteiger partial charge in [0.05, 0.1) is 0 Å². The van der Waals surface area contributed by atoms with E-state index in [9.17, 15) is 4.79 Å². The topological polar surface area (TPSA) is 35.5 Å². The van der Waals surface area contributed by atoms with E-state index in [4.69, 9.17) is 9.47 Å². The number of fused-ring (bicyclic) bond motifs is 2. The molecule has 0 radical (unpaired) electrons. The summed E-state index contributed by atoms with van der Waals surface area (Å²) in [7, 11) is 0. The Hall–Kier alpha value is -0.730. The van der Waals surface area contributed by atoms with Crippen molar-refractivity contribution < 1.29 is 14.3 Å². The highest BCUT2D eigenvalue weighted by Gasteiger charge is 2.76. The Morgan fingerprint density at radius 1 is 0.857 bits per heavy atom. The summed E-state index contributed by atoms with van der Waals surface area (Å²) < 4.78 is 10.9. The van der Waals surface area contributed by atoms with Crippen LogP contribution in [0.4, 0.5) is 4.79 Å². The second-order valence-corrected chi connectivity index (χ2v) is 5.70. The van der Waals surface area contributed by atoms with Gasteiger partial charge in [0.25, 0.3) is 0 Å². The minimum absolute atomic E-state index is 0.236. The van der Waals surface area contributed by atoms with Crippen LogP contribution in [0.3, 0.4) is 0 Å². The molecule has 2 heterocycles. The summed E-state index contributed by atoms with van der Waals surface area (Å²) in [5, 5.41) is 0. The van der Waals surface area contributed by atoms with Crippen LogP contribution in [0.2, 0.25) is 0 Å². The van der Waals surface area contributed by atoms with Gasteiger partial charge in [-0.15, -0.1) is 0 Å². The van der Waals surface area contributed by atoms with Crippen molar-refractivity contribution in [3.63, 3.8) is 0 Å². The Balaban J connectivity index is 1.78. The molecule has 4 aliphatic carbocycles. The van der Waals surface area contributed by atoms with E-state index in [1.54, 1.807) is 0 Å². The maximum atomic E-state index is 11.3. The molecule has 8 atom stereocenters. The molecule has 14 heavy (non-hydrogen) atoms. The van der Waals surface area contributed by atoms with E-state index in [0.29, 0.717) is 23.7 Å². The summed E-state index contributed by atoms with van der Waals surface area (Å²) in [4.78, 5) is 11.3. The molecule has 74 valence electrons. The molecule has 0 aromatic rings. The summed E-state index contributed by atoms with van der Waals surface area (Å²) in [6, 6.07) is 0. The molecule has 3 nitrogen and oxygen atoms in total. The first kappa shape index (κ1) is 6.70. The van der Waals surface area contributed by atoms with Crippen LogP contribution < -0.4 is 0 Å². The highest BCUT2D eigenvalue weighted by atomic mass is 16.7. The maximum absolute atomic E-state index is 11.3. The third-order valence-corrected chi connectivity index (χ3v) is 5.68. The van der Waals surface area contributed by atoms with E-state index in [1.165, 1.54) is 12.8 Å². The lowest BCUT2D eigenvalue weighted by atomic mass is 9.67. The highest BCUT2D eigenvalue weighted by molar-refractivity contribution is 5.62. The minimum Gasteiger partial charge on any atom is -0.430 e. The van der Waals surface area contributed by atoms with Crippen molar-refractivity contribution in [3.05, 3.63) is 0 Å². The summed E-state index contributed by atoms with van der Waals surface area (Å²) in [5.74, 6) is 4.42. The van der Waals surface area contributed by atoms with Crippen molar-refractivity contribution in [2.45, 2.75) is 25.0 Å². The Morgan fingerprint density at radius 2 is 1.36 bits per heavy atom.